The summed E-state index contributed by atoms with van der Waals surface area (Å²) in [5.41, 5.74) is -0.00292. The zero-order valence-electron chi connectivity index (χ0n) is 22.1. The summed E-state index contributed by atoms with van der Waals surface area (Å²) >= 11 is 7.32. The summed E-state index contributed by atoms with van der Waals surface area (Å²) in [6, 6.07) is 9.83. The number of thioether (sulfide) groups is 1. The van der Waals surface area contributed by atoms with Crippen LogP contribution in [0.25, 0.3) is 0 Å². The number of anilines is 1. The number of alkyl halides is 6. The second-order valence-electron chi connectivity index (χ2n) is 9.20. The Balaban J connectivity index is 1.83. The standard InChI is InChI=1S/C27H28F6N4OS2/c1-5-40-14-17(4)34-24(38)23-15(2)7-6-8-19(23)25(39)35-20-10-9-18(11-16(20)3)13-37-22(27(31,32)33)12-21(36-37)26(28,29)30/h6-12,17H,5,13-14H2,1-4H3,(H,34,38)(H,35,39)/t17-/m0/s1. The van der Waals surface area contributed by atoms with Crippen molar-refractivity contribution in [1.82, 2.24) is 15.1 Å². The second-order valence-corrected chi connectivity index (χ2v) is 10.9. The van der Waals surface area contributed by atoms with Crippen LogP contribution in [-0.2, 0) is 18.9 Å². The van der Waals surface area contributed by atoms with Crippen LogP contribution in [0, 0.1) is 13.8 Å². The highest BCUT2D eigenvalue weighted by atomic mass is 32.2. The maximum absolute atomic E-state index is 13.4. The number of halogens is 6. The fourth-order valence-electron chi connectivity index (χ4n) is 4.02. The van der Waals surface area contributed by atoms with E-state index in [4.69, 9.17) is 12.2 Å². The van der Waals surface area contributed by atoms with Crippen molar-refractivity contribution in [1.29, 1.82) is 0 Å². The Hall–Kier alpha value is -3.06. The molecule has 0 spiro atoms. The summed E-state index contributed by atoms with van der Waals surface area (Å²) in [6.07, 6.45) is -10.0. The van der Waals surface area contributed by atoms with Crippen molar-refractivity contribution in [2.75, 3.05) is 16.8 Å². The molecule has 3 aromatic rings. The van der Waals surface area contributed by atoms with Gasteiger partial charge in [-0.15, -0.1) is 0 Å². The molecule has 0 fully saturated rings. The van der Waals surface area contributed by atoms with Crippen LogP contribution in [0.5, 0.6) is 0 Å². The minimum atomic E-state index is -5.01. The number of carbonyl (C=O) groups is 1. The molecule has 1 atom stereocenters. The van der Waals surface area contributed by atoms with Crippen LogP contribution >= 0.6 is 24.0 Å². The number of nitrogens with zero attached hydrogens (tertiary/aromatic N) is 2. The largest absolute Gasteiger partial charge is 0.435 e. The van der Waals surface area contributed by atoms with Crippen molar-refractivity contribution < 1.29 is 31.1 Å². The van der Waals surface area contributed by atoms with Gasteiger partial charge in [-0.3, -0.25) is 9.48 Å². The number of hydrogen-bond acceptors (Lipinski definition) is 4. The molecule has 216 valence electrons. The third-order valence-corrected chi connectivity index (χ3v) is 7.39. The molecule has 1 amide bonds. The van der Waals surface area contributed by atoms with Crippen molar-refractivity contribution in [3.05, 3.63) is 81.7 Å². The molecule has 1 heterocycles. The van der Waals surface area contributed by atoms with Gasteiger partial charge < -0.3 is 10.6 Å². The Morgan fingerprint density at radius 1 is 1.05 bits per heavy atom. The minimum absolute atomic E-state index is 0.000192. The number of nitrogens with one attached hydrogen (secondary N) is 2. The van der Waals surface area contributed by atoms with Crippen molar-refractivity contribution in [2.24, 2.45) is 0 Å². The third-order valence-electron chi connectivity index (χ3n) is 5.93. The van der Waals surface area contributed by atoms with E-state index in [-0.39, 0.29) is 23.0 Å². The van der Waals surface area contributed by atoms with Crippen molar-refractivity contribution in [3.8, 4) is 0 Å². The second kappa shape index (κ2) is 12.6. The summed E-state index contributed by atoms with van der Waals surface area (Å²) in [5.74, 6) is 1.44. The van der Waals surface area contributed by atoms with Gasteiger partial charge in [-0.1, -0.05) is 49.5 Å². The van der Waals surface area contributed by atoms with Crippen LogP contribution in [-0.4, -0.2) is 38.2 Å². The van der Waals surface area contributed by atoms with Gasteiger partial charge in [0.05, 0.1) is 12.1 Å². The molecular weight excluding hydrogens is 574 g/mol. The number of aryl methyl sites for hydroxylation is 2. The van der Waals surface area contributed by atoms with Crippen LogP contribution in [0.1, 0.15) is 57.8 Å². The monoisotopic (exact) mass is 602 g/mol. The Labute approximate surface area is 237 Å². The van der Waals surface area contributed by atoms with Crippen LogP contribution in [0.4, 0.5) is 32.0 Å². The van der Waals surface area contributed by atoms with E-state index >= 15 is 0 Å². The summed E-state index contributed by atoms with van der Waals surface area (Å²) < 4.78 is 79.4. The summed E-state index contributed by atoms with van der Waals surface area (Å²) in [4.78, 5) is 13.4. The molecule has 0 saturated carbocycles. The van der Waals surface area contributed by atoms with E-state index in [1.54, 1.807) is 49.9 Å². The molecule has 0 bridgehead atoms. The van der Waals surface area contributed by atoms with Gasteiger partial charge in [0, 0.05) is 29.1 Å². The quantitative estimate of drug-likeness (QED) is 0.200. The molecule has 0 radical (unpaired) electrons. The normalized spacial score (nSPS) is 12.8. The lowest BCUT2D eigenvalue weighted by molar-refractivity contribution is -0.144. The van der Waals surface area contributed by atoms with Gasteiger partial charge in [0.1, 0.15) is 10.7 Å². The summed E-state index contributed by atoms with van der Waals surface area (Å²) in [5, 5.41) is 9.23. The van der Waals surface area contributed by atoms with Crippen LogP contribution in [0.3, 0.4) is 0 Å². The topological polar surface area (TPSA) is 59.0 Å². The first-order valence-corrected chi connectivity index (χ1v) is 13.8. The Morgan fingerprint density at radius 3 is 2.35 bits per heavy atom. The SMILES string of the molecule is CCSC[C@H](C)NC(=O)c1c(C)cccc1C(=S)Nc1ccc(Cn2nc(C(F)(F)F)cc2C(F)(F)F)cc1C. The molecule has 0 unspecified atom stereocenters. The van der Waals surface area contributed by atoms with Gasteiger partial charge in [-0.25, -0.2) is 0 Å². The van der Waals surface area contributed by atoms with Gasteiger partial charge in [0.2, 0.25) is 0 Å². The Bertz CT molecular complexity index is 1380. The first kappa shape index (κ1) is 31.5. The molecular formula is C27H28F6N4OS2. The number of amides is 1. The van der Waals surface area contributed by atoms with Crippen LogP contribution in [0.2, 0.25) is 0 Å². The van der Waals surface area contributed by atoms with E-state index in [2.05, 4.69) is 15.7 Å². The van der Waals surface area contributed by atoms with Crippen molar-refractivity contribution in [2.45, 2.75) is 52.6 Å². The molecule has 0 aliphatic carbocycles. The predicted octanol–water partition coefficient (Wildman–Crippen LogP) is 7.24. The van der Waals surface area contributed by atoms with Crippen molar-refractivity contribution >= 4 is 40.6 Å². The zero-order valence-corrected chi connectivity index (χ0v) is 23.8. The molecule has 5 nitrogen and oxygen atoms in total. The molecule has 0 aliphatic rings. The van der Waals surface area contributed by atoms with E-state index in [0.29, 0.717) is 32.6 Å². The highest BCUT2D eigenvalue weighted by molar-refractivity contribution is 7.99. The number of benzene rings is 2. The molecule has 2 N–H and O–H groups in total. The predicted molar refractivity (Wildman–Crippen MR) is 149 cm³/mol. The van der Waals surface area contributed by atoms with Gasteiger partial charge >= 0.3 is 12.4 Å². The van der Waals surface area contributed by atoms with E-state index in [9.17, 15) is 31.1 Å². The Kier molecular flexibility index (Phi) is 9.94. The molecule has 3 rings (SSSR count). The van der Waals surface area contributed by atoms with Gasteiger partial charge in [0.25, 0.3) is 5.91 Å². The smallest absolute Gasteiger partial charge is 0.349 e. The van der Waals surface area contributed by atoms with Gasteiger partial charge in [-0.05, 0) is 49.3 Å². The van der Waals surface area contributed by atoms with E-state index in [1.165, 1.54) is 12.1 Å². The van der Waals surface area contributed by atoms with Crippen molar-refractivity contribution in [3.63, 3.8) is 0 Å². The summed E-state index contributed by atoms with van der Waals surface area (Å²) in [7, 11) is 0. The first-order valence-electron chi connectivity index (χ1n) is 12.2. The first-order chi connectivity index (χ1) is 18.6. The van der Waals surface area contributed by atoms with Crippen LogP contribution in [0.15, 0.2) is 42.5 Å². The Morgan fingerprint density at radius 2 is 1.75 bits per heavy atom. The highest BCUT2D eigenvalue weighted by Crippen LogP contribution is 2.35. The minimum Gasteiger partial charge on any atom is -0.349 e. The highest BCUT2D eigenvalue weighted by Gasteiger charge is 2.41. The lowest BCUT2D eigenvalue weighted by atomic mass is 10.00. The number of aromatic nitrogens is 2. The zero-order chi connectivity index (χ0) is 29.8. The van der Waals surface area contributed by atoms with E-state index in [0.717, 1.165) is 17.1 Å². The van der Waals surface area contributed by atoms with Gasteiger partial charge in [0.15, 0.2) is 5.69 Å². The molecule has 40 heavy (non-hydrogen) atoms. The van der Waals surface area contributed by atoms with Gasteiger partial charge in [-0.2, -0.15) is 43.2 Å². The average molecular weight is 603 g/mol. The molecule has 0 aliphatic heterocycles. The lowest BCUT2D eigenvalue weighted by Gasteiger charge is -2.19. The van der Waals surface area contributed by atoms with Crippen LogP contribution < -0.4 is 10.6 Å². The van der Waals surface area contributed by atoms with E-state index < -0.39 is 30.3 Å². The molecule has 13 heteroatoms. The number of carbonyl (C=O) groups excluding carboxylic acids is 1. The maximum Gasteiger partial charge on any atom is 0.435 e. The third kappa shape index (κ3) is 7.78. The average Bonchev–Trinajstić information content (AvgIpc) is 3.29. The fourth-order valence-corrected chi connectivity index (χ4v) is 4.97. The maximum atomic E-state index is 13.4. The molecule has 1 aromatic heterocycles. The number of rotatable bonds is 9. The molecule has 0 saturated heterocycles. The fraction of sp³-hybridized carbons (Fsp3) is 0.370. The lowest BCUT2D eigenvalue weighted by Crippen LogP contribution is -2.36. The number of hydrogen-bond donors (Lipinski definition) is 2. The molecule has 2 aromatic carbocycles. The number of thiocarbonyl (C=S) groups is 1. The van der Waals surface area contributed by atoms with E-state index in [1.807, 2.05) is 13.8 Å². The summed E-state index contributed by atoms with van der Waals surface area (Å²) in [6.45, 7) is 6.93.